The van der Waals surface area contributed by atoms with Crippen LogP contribution in [0, 0.1) is 0 Å². The molecule has 1 nitrogen and oxygen atoms in total. The van der Waals surface area contributed by atoms with Crippen molar-refractivity contribution in [3.8, 4) is 0 Å². The summed E-state index contributed by atoms with van der Waals surface area (Å²) in [7, 11) is 0. The van der Waals surface area contributed by atoms with E-state index in [0.717, 1.165) is 12.0 Å². The van der Waals surface area contributed by atoms with Crippen molar-refractivity contribution in [2.75, 3.05) is 6.54 Å². The van der Waals surface area contributed by atoms with E-state index in [1.54, 1.807) is 0 Å². The minimum Gasteiger partial charge on any atom is -0.327 e. The van der Waals surface area contributed by atoms with E-state index in [-0.39, 0.29) is 0 Å². The van der Waals surface area contributed by atoms with Crippen molar-refractivity contribution in [2.24, 2.45) is 5.73 Å². The minimum absolute atomic E-state index is 0.570. The van der Waals surface area contributed by atoms with Crippen molar-refractivity contribution in [2.45, 2.75) is 19.8 Å². The molecule has 0 radical (unpaired) electrons. The van der Waals surface area contributed by atoms with Crippen LogP contribution in [0.2, 0.25) is 0 Å². The van der Waals surface area contributed by atoms with Gasteiger partial charge < -0.3 is 5.73 Å². The van der Waals surface area contributed by atoms with Crippen molar-refractivity contribution < 1.29 is 0 Å². The highest BCUT2D eigenvalue weighted by Crippen LogP contribution is 1.93. The van der Waals surface area contributed by atoms with Gasteiger partial charge in [0.25, 0.3) is 0 Å². The molecule has 0 aliphatic carbocycles. The first kappa shape index (κ1) is 8.44. The monoisotopic (exact) mass is 125 g/mol. The number of unbranched alkanes of at least 4 members (excludes halogenated alkanes) is 1. The molecule has 0 aromatic carbocycles. The second kappa shape index (κ2) is 5.57. The molecule has 0 heterocycles. The van der Waals surface area contributed by atoms with Crippen molar-refractivity contribution >= 4 is 0 Å². The molecule has 0 bridgehead atoms. The molecule has 0 aromatic heterocycles. The topological polar surface area (TPSA) is 26.0 Å². The Labute approximate surface area is 57.3 Å². The summed E-state index contributed by atoms with van der Waals surface area (Å²) in [4.78, 5) is 0. The van der Waals surface area contributed by atoms with Crippen LogP contribution in [0.15, 0.2) is 24.3 Å². The summed E-state index contributed by atoms with van der Waals surface area (Å²) in [5.74, 6) is 0. The molecule has 0 saturated carbocycles. The van der Waals surface area contributed by atoms with Gasteiger partial charge in [0.15, 0.2) is 0 Å². The Kier molecular flexibility index (Phi) is 5.23. The van der Waals surface area contributed by atoms with Gasteiger partial charge in [0.1, 0.15) is 0 Å². The van der Waals surface area contributed by atoms with E-state index < -0.39 is 0 Å². The first-order valence-corrected chi connectivity index (χ1v) is 3.35. The van der Waals surface area contributed by atoms with Crippen molar-refractivity contribution in [1.29, 1.82) is 0 Å². The first-order valence-electron chi connectivity index (χ1n) is 3.35. The number of rotatable bonds is 4. The second-order valence-electron chi connectivity index (χ2n) is 2.05. The van der Waals surface area contributed by atoms with E-state index in [4.69, 9.17) is 5.73 Å². The average molecular weight is 125 g/mol. The molecular formula is C8H15N. The zero-order valence-electron chi connectivity index (χ0n) is 6.06. The normalized spacial score (nSPS) is 10.4. The fraction of sp³-hybridized carbons (Fsp3) is 0.500. The summed E-state index contributed by atoms with van der Waals surface area (Å²) >= 11 is 0. The lowest BCUT2D eigenvalue weighted by atomic mass is 10.2. The van der Waals surface area contributed by atoms with Crippen molar-refractivity contribution in [3.63, 3.8) is 0 Å². The lowest BCUT2D eigenvalue weighted by Crippen LogP contribution is -1.98. The molecule has 0 unspecified atom stereocenters. The number of hydrogen-bond donors (Lipinski definition) is 1. The molecular weight excluding hydrogens is 110 g/mol. The Morgan fingerprint density at radius 3 is 2.78 bits per heavy atom. The molecule has 2 N–H and O–H groups in total. The molecule has 0 atom stereocenters. The van der Waals surface area contributed by atoms with Gasteiger partial charge >= 0.3 is 0 Å². The zero-order chi connectivity index (χ0) is 7.11. The van der Waals surface area contributed by atoms with Gasteiger partial charge in [-0.25, -0.2) is 0 Å². The quantitative estimate of drug-likeness (QED) is 0.570. The van der Waals surface area contributed by atoms with Crippen LogP contribution in [0.25, 0.3) is 0 Å². The van der Waals surface area contributed by atoms with Crippen LogP contribution in [-0.4, -0.2) is 6.54 Å². The highest BCUT2D eigenvalue weighted by molar-refractivity contribution is 5.14. The number of nitrogens with two attached hydrogens (primary N) is 1. The fourth-order valence-electron chi connectivity index (χ4n) is 0.485. The van der Waals surface area contributed by atoms with Crippen LogP contribution in [0.4, 0.5) is 0 Å². The predicted molar refractivity (Wildman–Crippen MR) is 42.2 cm³/mol. The van der Waals surface area contributed by atoms with Crippen LogP contribution < -0.4 is 5.73 Å². The Morgan fingerprint density at radius 1 is 1.67 bits per heavy atom. The highest BCUT2D eigenvalue weighted by atomic mass is 14.5. The third kappa shape index (κ3) is 5.31. The molecule has 0 rings (SSSR count). The molecule has 0 aliphatic heterocycles. The Hall–Kier alpha value is -0.560. The Balaban J connectivity index is 3.32. The van der Waals surface area contributed by atoms with E-state index in [0.29, 0.717) is 6.54 Å². The van der Waals surface area contributed by atoms with E-state index in [1.807, 2.05) is 6.08 Å². The summed E-state index contributed by atoms with van der Waals surface area (Å²) < 4.78 is 0. The first-order chi connectivity index (χ1) is 4.31. The zero-order valence-corrected chi connectivity index (χ0v) is 6.06. The molecule has 1 heteroatoms. The molecule has 0 amide bonds. The van der Waals surface area contributed by atoms with Crippen molar-refractivity contribution in [1.82, 2.24) is 0 Å². The number of hydrogen-bond acceptors (Lipinski definition) is 1. The van der Waals surface area contributed by atoms with E-state index >= 15 is 0 Å². The molecule has 0 saturated heterocycles. The van der Waals surface area contributed by atoms with Gasteiger partial charge in [-0.05, 0) is 12.0 Å². The maximum atomic E-state index is 5.30. The smallest absolute Gasteiger partial charge is 0.0172 e. The van der Waals surface area contributed by atoms with Gasteiger partial charge in [0.2, 0.25) is 0 Å². The van der Waals surface area contributed by atoms with Crippen LogP contribution in [0.3, 0.4) is 0 Å². The summed E-state index contributed by atoms with van der Waals surface area (Å²) in [6.45, 7) is 6.45. The lowest BCUT2D eigenvalue weighted by molar-refractivity contribution is 0.956. The molecule has 0 aromatic rings. The van der Waals surface area contributed by atoms with Gasteiger partial charge in [-0.1, -0.05) is 32.1 Å². The molecule has 0 spiro atoms. The Bertz CT molecular complexity index is 103. The summed E-state index contributed by atoms with van der Waals surface area (Å²) in [5.41, 5.74) is 6.31. The van der Waals surface area contributed by atoms with Gasteiger partial charge in [0, 0.05) is 6.54 Å². The third-order valence-electron chi connectivity index (χ3n) is 1.07. The van der Waals surface area contributed by atoms with Gasteiger partial charge in [-0.15, -0.1) is 0 Å². The van der Waals surface area contributed by atoms with E-state index in [1.165, 1.54) is 6.42 Å². The lowest BCUT2D eigenvalue weighted by Gasteiger charge is -1.89. The SMILES string of the molecule is C=C(/C=C/CCC)CN. The number of allylic oxidation sites excluding steroid dienone is 1. The molecule has 0 aliphatic rings. The molecule has 52 valence electrons. The van der Waals surface area contributed by atoms with Crippen LogP contribution in [-0.2, 0) is 0 Å². The maximum absolute atomic E-state index is 5.30. The average Bonchev–Trinajstić information content (AvgIpc) is 1.89. The summed E-state index contributed by atoms with van der Waals surface area (Å²) in [6.07, 6.45) is 6.41. The van der Waals surface area contributed by atoms with Crippen LogP contribution >= 0.6 is 0 Å². The van der Waals surface area contributed by atoms with Gasteiger partial charge in [-0.3, -0.25) is 0 Å². The van der Waals surface area contributed by atoms with Crippen molar-refractivity contribution in [3.05, 3.63) is 24.3 Å². The minimum atomic E-state index is 0.570. The van der Waals surface area contributed by atoms with E-state index in [2.05, 4.69) is 19.6 Å². The standard InChI is InChI=1S/C8H15N/c1-3-4-5-6-8(2)7-9/h5-6H,2-4,7,9H2,1H3/b6-5+. The maximum Gasteiger partial charge on any atom is 0.0172 e. The van der Waals surface area contributed by atoms with Crippen LogP contribution in [0.1, 0.15) is 19.8 Å². The molecule has 9 heavy (non-hydrogen) atoms. The summed E-state index contributed by atoms with van der Waals surface area (Å²) in [5, 5.41) is 0. The fourth-order valence-corrected chi connectivity index (χ4v) is 0.485. The molecule has 0 fully saturated rings. The largest absolute Gasteiger partial charge is 0.327 e. The second-order valence-corrected chi connectivity index (χ2v) is 2.05. The predicted octanol–water partition coefficient (Wildman–Crippen LogP) is 1.86. The van der Waals surface area contributed by atoms with Gasteiger partial charge in [-0.2, -0.15) is 0 Å². The van der Waals surface area contributed by atoms with Crippen LogP contribution in [0.5, 0.6) is 0 Å². The Morgan fingerprint density at radius 2 is 2.33 bits per heavy atom. The van der Waals surface area contributed by atoms with Gasteiger partial charge in [0.05, 0.1) is 0 Å². The summed E-state index contributed by atoms with van der Waals surface area (Å²) in [6, 6.07) is 0. The third-order valence-corrected chi connectivity index (χ3v) is 1.07. The van der Waals surface area contributed by atoms with E-state index in [9.17, 15) is 0 Å². The highest BCUT2D eigenvalue weighted by Gasteiger charge is 1.78.